The van der Waals surface area contributed by atoms with Crippen molar-refractivity contribution in [3.63, 3.8) is 0 Å². The summed E-state index contributed by atoms with van der Waals surface area (Å²) in [7, 11) is 0. The van der Waals surface area contributed by atoms with Crippen molar-refractivity contribution in [1.82, 2.24) is 9.97 Å². The lowest BCUT2D eigenvalue weighted by atomic mass is 10.1. The van der Waals surface area contributed by atoms with Gasteiger partial charge in [-0.1, -0.05) is 0 Å². The highest BCUT2D eigenvalue weighted by Crippen LogP contribution is 2.28. The van der Waals surface area contributed by atoms with Gasteiger partial charge in [0.25, 0.3) is 0 Å². The molecule has 3 aromatic rings. The SMILES string of the molecule is CCOC(=O)c1ccc2ncc(C(=O)OCC)c(NCCCOC(=O)c3ccncc3)c2c1. The average molecular weight is 451 g/mol. The number of rotatable bonds is 10. The van der Waals surface area contributed by atoms with E-state index in [1.807, 2.05) is 0 Å². The Kier molecular flexibility index (Phi) is 8.29. The van der Waals surface area contributed by atoms with E-state index >= 15 is 0 Å². The average Bonchev–Trinajstić information content (AvgIpc) is 2.84. The van der Waals surface area contributed by atoms with Gasteiger partial charge in [-0.3, -0.25) is 9.97 Å². The molecule has 9 nitrogen and oxygen atoms in total. The molecule has 0 saturated heterocycles. The molecular formula is C24H25N3O6. The van der Waals surface area contributed by atoms with E-state index in [2.05, 4.69) is 15.3 Å². The minimum absolute atomic E-state index is 0.181. The van der Waals surface area contributed by atoms with Crippen LogP contribution < -0.4 is 5.32 Å². The van der Waals surface area contributed by atoms with Gasteiger partial charge in [0.2, 0.25) is 0 Å². The first-order valence-electron chi connectivity index (χ1n) is 10.6. The van der Waals surface area contributed by atoms with E-state index in [1.165, 1.54) is 18.6 Å². The number of hydrogen-bond acceptors (Lipinski definition) is 9. The first-order valence-corrected chi connectivity index (χ1v) is 10.6. The summed E-state index contributed by atoms with van der Waals surface area (Å²) < 4.78 is 15.5. The molecule has 1 N–H and O–H groups in total. The summed E-state index contributed by atoms with van der Waals surface area (Å²) >= 11 is 0. The standard InChI is InChI=1S/C24H25N3O6/c1-3-31-23(29)17-6-7-20-18(14-17)21(19(15-27-20)24(30)32-4-2)26-10-5-13-33-22(28)16-8-11-25-12-9-16/h6-9,11-12,14-15H,3-5,10,13H2,1-2H3,(H,26,27). The van der Waals surface area contributed by atoms with Crippen molar-refractivity contribution in [2.24, 2.45) is 0 Å². The van der Waals surface area contributed by atoms with Crippen LogP contribution in [0.3, 0.4) is 0 Å². The maximum absolute atomic E-state index is 12.5. The van der Waals surface area contributed by atoms with Gasteiger partial charge < -0.3 is 19.5 Å². The number of carbonyl (C=O) groups is 3. The molecule has 2 aromatic heterocycles. The van der Waals surface area contributed by atoms with Crippen LogP contribution in [0.15, 0.2) is 48.9 Å². The summed E-state index contributed by atoms with van der Waals surface area (Å²) in [6, 6.07) is 8.11. The molecule has 0 atom stereocenters. The molecule has 2 heterocycles. The highest BCUT2D eigenvalue weighted by molar-refractivity contribution is 6.06. The zero-order chi connectivity index (χ0) is 23.6. The van der Waals surface area contributed by atoms with Crippen LogP contribution in [0.1, 0.15) is 51.3 Å². The van der Waals surface area contributed by atoms with Gasteiger partial charge in [0.15, 0.2) is 0 Å². The number of esters is 3. The molecule has 172 valence electrons. The lowest BCUT2D eigenvalue weighted by Crippen LogP contribution is -2.14. The molecular weight excluding hydrogens is 426 g/mol. The van der Waals surface area contributed by atoms with Crippen LogP contribution in [-0.2, 0) is 14.2 Å². The molecule has 0 radical (unpaired) electrons. The number of carbonyl (C=O) groups excluding carboxylic acids is 3. The van der Waals surface area contributed by atoms with Crippen molar-refractivity contribution in [2.45, 2.75) is 20.3 Å². The van der Waals surface area contributed by atoms with Crippen LogP contribution in [0.5, 0.6) is 0 Å². The van der Waals surface area contributed by atoms with E-state index in [-0.39, 0.29) is 25.4 Å². The van der Waals surface area contributed by atoms with E-state index in [4.69, 9.17) is 14.2 Å². The van der Waals surface area contributed by atoms with Crippen molar-refractivity contribution in [1.29, 1.82) is 0 Å². The highest BCUT2D eigenvalue weighted by atomic mass is 16.5. The maximum Gasteiger partial charge on any atom is 0.341 e. The Morgan fingerprint density at radius 3 is 2.30 bits per heavy atom. The molecule has 0 fully saturated rings. The summed E-state index contributed by atoms with van der Waals surface area (Å²) in [6.07, 6.45) is 4.97. The van der Waals surface area contributed by atoms with Crippen LogP contribution in [0.2, 0.25) is 0 Å². The van der Waals surface area contributed by atoms with Crippen molar-refractivity contribution in [3.8, 4) is 0 Å². The largest absolute Gasteiger partial charge is 0.462 e. The van der Waals surface area contributed by atoms with Crippen molar-refractivity contribution < 1.29 is 28.6 Å². The number of pyridine rings is 2. The Morgan fingerprint density at radius 1 is 0.879 bits per heavy atom. The van der Waals surface area contributed by atoms with Crippen molar-refractivity contribution in [3.05, 3.63) is 65.6 Å². The molecule has 0 saturated carbocycles. The third-order valence-corrected chi connectivity index (χ3v) is 4.65. The Labute approximate surface area is 191 Å². The van der Waals surface area contributed by atoms with E-state index < -0.39 is 17.9 Å². The van der Waals surface area contributed by atoms with E-state index in [9.17, 15) is 14.4 Å². The quantitative estimate of drug-likeness (QED) is 0.280. The second-order valence-electron chi connectivity index (χ2n) is 6.87. The molecule has 0 unspecified atom stereocenters. The lowest BCUT2D eigenvalue weighted by molar-refractivity contribution is 0.0499. The summed E-state index contributed by atoms with van der Waals surface area (Å²) in [6.45, 7) is 4.49. The first-order chi connectivity index (χ1) is 16.0. The summed E-state index contributed by atoms with van der Waals surface area (Å²) in [5, 5.41) is 3.80. The normalized spacial score (nSPS) is 10.5. The Balaban J connectivity index is 1.76. The number of benzene rings is 1. The Hall–Kier alpha value is -4.01. The van der Waals surface area contributed by atoms with E-state index in [0.29, 0.717) is 40.7 Å². The van der Waals surface area contributed by atoms with Gasteiger partial charge in [0, 0.05) is 30.5 Å². The summed E-state index contributed by atoms with van der Waals surface area (Å²) in [5.74, 6) is -1.42. The molecule has 0 aliphatic heterocycles. The van der Waals surface area contributed by atoms with Crippen LogP contribution >= 0.6 is 0 Å². The fourth-order valence-corrected chi connectivity index (χ4v) is 3.11. The van der Waals surface area contributed by atoms with Gasteiger partial charge in [-0.2, -0.15) is 0 Å². The molecule has 33 heavy (non-hydrogen) atoms. The van der Waals surface area contributed by atoms with Crippen molar-refractivity contribution in [2.75, 3.05) is 31.7 Å². The lowest BCUT2D eigenvalue weighted by Gasteiger charge is -2.15. The first kappa shape index (κ1) is 23.6. The molecule has 0 aliphatic carbocycles. The van der Waals surface area contributed by atoms with Crippen molar-refractivity contribution >= 4 is 34.5 Å². The monoisotopic (exact) mass is 451 g/mol. The topological polar surface area (TPSA) is 117 Å². The van der Waals surface area contributed by atoms with Gasteiger partial charge in [-0.15, -0.1) is 0 Å². The van der Waals surface area contributed by atoms with E-state index in [0.717, 1.165) is 0 Å². The molecule has 0 spiro atoms. The number of nitrogens with zero attached hydrogens (tertiary/aromatic N) is 2. The fraction of sp³-hybridized carbons (Fsp3) is 0.292. The third-order valence-electron chi connectivity index (χ3n) is 4.65. The number of aromatic nitrogens is 2. The predicted octanol–water partition coefficient (Wildman–Crippen LogP) is 3.64. The molecule has 1 aromatic carbocycles. The number of hydrogen-bond donors (Lipinski definition) is 1. The fourth-order valence-electron chi connectivity index (χ4n) is 3.11. The molecule has 0 bridgehead atoms. The van der Waals surface area contributed by atoms with Crippen LogP contribution in [0.25, 0.3) is 10.9 Å². The smallest absolute Gasteiger partial charge is 0.341 e. The van der Waals surface area contributed by atoms with Gasteiger partial charge in [0.1, 0.15) is 5.56 Å². The van der Waals surface area contributed by atoms with E-state index in [1.54, 1.807) is 44.2 Å². The minimum atomic E-state index is -0.528. The van der Waals surface area contributed by atoms with Crippen LogP contribution in [0, 0.1) is 0 Å². The zero-order valence-corrected chi connectivity index (χ0v) is 18.5. The van der Waals surface area contributed by atoms with Gasteiger partial charge in [0.05, 0.1) is 42.2 Å². The predicted molar refractivity (Wildman–Crippen MR) is 121 cm³/mol. The number of nitrogens with one attached hydrogen (secondary N) is 1. The number of anilines is 1. The third kappa shape index (κ3) is 6.03. The Bertz CT molecular complexity index is 1130. The van der Waals surface area contributed by atoms with Gasteiger partial charge in [-0.25, -0.2) is 14.4 Å². The van der Waals surface area contributed by atoms with Crippen LogP contribution in [-0.4, -0.2) is 54.2 Å². The second kappa shape index (κ2) is 11.6. The Morgan fingerprint density at radius 2 is 1.58 bits per heavy atom. The van der Waals surface area contributed by atoms with Gasteiger partial charge in [-0.05, 0) is 50.6 Å². The maximum atomic E-state index is 12.5. The second-order valence-corrected chi connectivity index (χ2v) is 6.87. The highest BCUT2D eigenvalue weighted by Gasteiger charge is 2.18. The van der Waals surface area contributed by atoms with Crippen LogP contribution in [0.4, 0.5) is 5.69 Å². The minimum Gasteiger partial charge on any atom is -0.462 e. The molecule has 0 aliphatic rings. The zero-order valence-electron chi connectivity index (χ0n) is 18.5. The molecule has 3 rings (SSSR count). The number of ether oxygens (including phenoxy) is 3. The molecule has 0 amide bonds. The molecule has 9 heteroatoms. The van der Waals surface area contributed by atoms with Gasteiger partial charge >= 0.3 is 17.9 Å². The summed E-state index contributed by atoms with van der Waals surface area (Å²) in [5.41, 5.74) is 2.11. The summed E-state index contributed by atoms with van der Waals surface area (Å²) in [4.78, 5) is 44.9. The number of fused-ring (bicyclic) bond motifs is 1.